The molecule has 4 heteroatoms. The van der Waals surface area contributed by atoms with Gasteiger partial charge in [0.25, 0.3) is 0 Å². The summed E-state index contributed by atoms with van der Waals surface area (Å²) in [5, 5.41) is 0. The highest BCUT2D eigenvalue weighted by Crippen LogP contribution is 2.28. The SMILES string of the molecule is COC(=O)c1ccc(Oc2cccc(N3CCCC3)c2)cc1. The molecule has 0 aromatic heterocycles. The van der Waals surface area contributed by atoms with Gasteiger partial charge in [-0.15, -0.1) is 0 Å². The van der Waals surface area contributed by atoms with Crippen molar-refractivity contribution < 1.29 is 14.3 Å². The van der Waals surface area contributed by atoms with E-state index >= 15 is 0 Å². The van der Waals surface area contributed by atoms with Crippen LogP contribution in [0, 0.1) is 0 Å². The van der Waals surface area contributed by atoms with Crippen LogP contribution in [-0.4, -0.2) is 26.2 Å². The fourth-order valence-corrected chi connectivity index (χ4v) is 2.63. The van der Waals surface area contributed by atoms with E-state index in [1.807, 2.05) is 12.1 Å². The van der Waals surface area contributed by atoms with Gasteiger partial charge in [0.2, 0.25) is 0 Å². The number of benzene rings is 2. The Labute approximate surface area is 130 Å². The number of hydrogen-bond acceptors (Lipinski definition) is 4. The van der Waals surface area contributed by atoms with E-state index in [1.54, 1.807) is 24.3 Å². The lowest BCUT2D eigenvalue weighted by atomic mass is 10.2. The zero-order valence-corrected chi connectivity index (χ0v) is 12.6. The number of methoxy groups -OCH3 is 1. The number of ether oxygens (including phenoxy) is 2. The molecule has 3 rings (SSSR count). The molecule has 1 heterocycles. The molecule has 0 N–H and O–H groups in total. The van der Waals surface area contributed by atoms with Crippen molar-refractivity contribution in [2.45, 2.75) is 12.8 Å². The molecule has 4 nitrogen and oxygen atoms in total. The maximum atomic E-state index is 11.4. The highest BCUT2D eigenvalue weighted by molar-refractivity contribution is 5.89. The summed E-state index contributed by atoms with van der Waals surface area (Å²) in [7, 11) is 1.37. The Morgan fingerprint density at radius 2 is 1.73 bits per heavy atom. The number of anilines is 1. The van der Waals surface area contributed by atoms with E-state index in [0.29, 0.717) is 11.3 Å². The molecule has 1 aliphatic heterocycles. The van der Waals surface area contributed by atoms with Crippen LogP contribution in [0.2, 0.25) is 0 Å². The molecule has 0 saturated carbocycles. The summed E-state index contributed by atoms with van der Waals surface area (Å²) in [6.07, 6.45) is 2.50. The molecule has 114 valence electrons. The normalized spacial score (nSPS) is 14.0. The Morgan fingerprint density at radius 1 is 1.00 bits per heavy atom. The Kier molecular flexibility index (Phi) is 4.28. The Balaban J connectivity index is 1.72. The summed E-state index contributed by atoms with van der Waals surface area (Å²) in [5.41, 5.74) is 1.71. The summed E-state index contributed by atoms with van der Waals surface area (Å²) in [6.45, 7) is 2.22. The summed E-state index contributed by atoms with van der Waals surface area (Å²) < 4.78 is 10.6. The first-order chi connectivity index (χ1) is 10.8. The number of nitrogens with zero attached hydrogens (tertiary/aromatic N) is 1. The van der Waals surface area contributed by atoms with Crippen LogP contribution in [0.4, 0.5) is 5.69 Å². The number of hydrogen-bond donors (Lipinski definition) is 0. The quantitative estimate of drug-likeness (QED) is 0.803. The van der Waals surface area contributed by atoms with Gasteiger partial charge in [0.05, 0.1) is 12.7 Å². The maximum Gasteiger partial charge on any atom is 0.337 e. The number of carbonyl (C=O) groups is 1. The van der Waals surface area contributed by atoms with Gasteiger partial charge in [0.15, 0.2) is 0 Å². The molecule has 1 saturated heterocycles. The smallest absolute Gasteiger partial charge is 0.337 e. The van der Waals surface area contributed by atoms with E-state index in [0.717, 1.165) is 18.8 Å². The topological polar surface area (TPSA) is 38.8 Å². The van der Waals surface area contributed by atoms with Gasteiger partial charge in [0.1, 0.15) is 11.5 Å². The van der Waals surface area contributed by atoms with Gasteiger partial charge in [-0.2, -0.15) is 0 Å². The molecule has 2 aromatic rings. The minimum atomic E-state index is -0.345. The molecule has 2 aromatic carbocycles. The fourth-order valence-electron chi connectivity index (χ4n) is 2.63. The first kappa shape index (κ1) is 14.4. The first-order valence-electron chi connectivity index (χ1n) is 7.47. The van der Waals surface area contributed by atoms with Crippen LogP contribution in [0.25, 0.3) is 0 Å². The zero-order valence-electron chi connectivity index (χ0n) is 12.6. The average Bonchev–Trinajstić information content (AvgIpc) is 3.10. The third kappa shape index (κ3) is 3.22. The van der Waals surface area contributed by atoms with Gasteiger partial charge in [0, 0.05) is 24.8 Å². The maximum absolute atomic E-state index is 11.4. The van der Waals surface area contributed by atoms with Gasteiger partial charge in [-0.3, -0.25) is 0 Å². The van der Waals surface area contributed by atoms with Crippen LogP contribution in [-0.2, 0) is 4.74 Å². The average molecular weight is 297 g/mol. The first-order valence-corrected chi connectivity index (χ1v) is 7.47. The lowest BCUT2D eigenvalue weighted by Crippen LogP contribution is -2.17. The lowest BCUT2D eigenvalue weighted by molar-refractivity contribution is 0.0600. The highest BCUT2D eigenvalue weighted by atomic mass is 16.5. The molecule has 0 atom stereocenters. The van der Waals surface area contributed by atoms with Crippen LogP contribution in [0.1, 0.15) is 23.2 Å². The van der Waals surface area contributed by atoms with Crippen molar-refractivity contribution in [3.63, 3.8) is 0 Å². The van der Waals surface area contributed by atoms with E-state index in [9.17, 15) is 4.79 Å². The number of carbonyl (C=O) groups excluding carboxylic acids is 1. The summed E-state index contributed by atoms with van der Waals surface area (Å²) in [6, 6.07) is 15.1. The molecule has 0 unspecified atom stereocenters. The highest BCUT2D eigenvalue weighted by Gasteiger charge is 2.13. The van der Waals surface area contributed by atoms with Crippen molar-refractivity contribution in [2.75, 3.05) is 25.1 Å². The Hall–Kier alpha value is -2.49. The molecule has 0 radical (unpaired) electrons. The van der Waals surface area contributed by atoms with Gasteiger partial charge in [-0.25, -0.2) is 4.79 Å². The molecular weight excluding hydrogens is 278 g/mol. The number of rotatable bonds is 4. The van der Waals surface area contributed by atoms with Crippen LogP contribution in [0.3, 0.4) is 0 Å². The molecule has 1 fully saturated rings. The van der Waals surface area contributed by atoms with E-state index in [4.69, 9.17) is 4.74 Å². The van der Waals surface area contributed by atoms with Crippen LogP contribution >= 0.6 is 0 Å². The molecule has 0 bridgehead atoms. The predicted octanol–water partition coefficient (Wildman–Crippen LogP) is 3.87. The molecule has 0 spiro atoms. The summed E-state index contributed by atoms with van der Waals surface area (Å²) in [4.78, 5) is 13.8. The molecule has 22 heavy (non-hydrogen) atoms. The van der Waals surface area contributed by atoms with Gasteiger partial charge in [-0.1, -0.05) is 6.07 Å². The molecular formula is C18H19NO3. The summed E-state index contributed by atoms with van der Waals surface area (Å²) in [5.74, 6) is 1.16. The lowest BCUT2D eigenvalue weighted by Gasteiger charge is -2.18. The van der Waals surface area contributed by atoms with Crippen molar-refractivity contribution in [1.29, 1.82) is 0 Å². The molecule has 0 aliphatic carbocycles. The van der Waals surface area contributed by atoms with Gasteiger partial charge in [-0.05, 0) is 49.2 Å². The summed E-state index contributed by atoms with van der Waals surface area (Å²) >= 11 is 0. The third-order valence-electron chi connectivity index (χ3n) is 3.80. The van der Waals surface area contributed by atoms with Crippen LogP contribution in [0.5, 0.6) is 11.5 Å². The van der Waals surface area contributed by atoms with E-state index < -0.39 is 0 Å². The Bertz CT molecular complexity index is 646. The molecule has 0 amide bonds. The van der Waals surface area contributed by atoms with E-state index in [-0.39, 0.29) is 5.97 Å². The minimum Gasteiger partial charge on any atom is -0.465 e. The molecule has 1 aliphatic rings. The van der Waals surface area contributed by atoms with Crippen LogP contribution < -0.4 is 9.64 Å². The second-order valence-electron chi connectivity index (χ2n) is 5.31. The standard InChI is InChI=1S/C18H19NO3/c1-21-18(20)14-7-9-16(10-8-14)22-17-6-4-5-15(13-17)19-11-2-3-12-19/h4-10,13H,2-3,11-12H2,1H3. The van der Waals surface area contributed by atoms with E-state index in [1.165, 1.54) is 25.6 Å². The predicted molar refractivity (Wildman–Crippen MR) is 85.7 cm³/mol. The van der Waals surface area contributed by atoms with E-state index in [2.05, 4.69) is 21.8 Å². The monoisotopic (exact) mass is 297 g/mol. The van der Waals surface area contributed by atoms with Gasteiger partial charge >= 0.3 is 5.97 Å². The Morgan fingerprint density at radius 3 is 2.41 bits per heavy atom. The second-order valence-corrected chi connectivity index (χ2v) is 5.31. The fraction of sp³-hybridized carbons (Fsp3) is 0.278. The zero-order chi connectivity index (χ0) is 15.4. The van der Waals surface area contributed by atoms with Crippen molar-refractivity contribution >= 4 is 11.7 Å². The van der Waals surface area contributed by atoms with Crippen molar-refractivity contribution in [1.82, 2.24) is 0 Å². The van der Waals surface area contributed by atoms with Gasteiger partial charge < -0.3 is 14.4 Å². The minimum absolute atomic E-state index is 0.345. The van der Waals surface area contributed by atoms with Crippen molar-refractivity contribution in [2.24, 2.45) is 0 Å². The van der Waals surface area contributed by atoms with Crippen molar-refractivity contribution in [3.05, 3.63) is 54.1 Å². The van der Waals surface area contributed by atoms with Crippen molar-refractivity contribution in [3.8, 4) is 11.5 Å². The number of esters is 1. The third-order valence-corrected chi connectivity index (χ3v) is 3.80. The largest absolute Gasteiger partial charge is 0.465 e. The van der Waals surface area contributed by atoms with Crippen LogP contribution in [0.15, 0.2) is 48.5 Å². The second kappa shape index (κ2) is 6.52.